The lowest BCUT2D eigenvalue weighted by Crippen LogP contribution is -2.22. The summed E-state index contributed by atoms with van der Waals surface area (Å²) in [6.45, 7) is 2.23. The molecule has 0 saturated carbocycles. The number of carbonyl (C=O) groups excluding carboxylic acids is 1. The summed E-state index contributed by atoms with van der Waals surface area (Å²) in [4.78, 5) is 24.0. The lowest BCUT2D eigenvalue weighted by Gasteiger charge is -2.12. The van der Waals surface area contributed by atoms with E-state index in [1.165, 1.54) is 0 Å². The maximum atomic E-state index is 12.4. The molecule has 8 nitrogen and oxygen atoms in total. The van der Waals surface area contributed by atoms with Crippen molar-refractivity contribution in [1.29, 1.82) is 0 Å². The molecule has 1 heterocycles. The second-order valence-corrected chi connectivity index (χ2v) is 7.19. The number of nitrogens with zero attached hydrogens (tertiary/aromatic N) is 3. The van der Waals surface area contributed by atoms with E-state index in [4.69, 9.17) is 16.2 Å². The highest BCUT2D eigenvalue weighted by molar-refractivity contribution is 8.00. The smallest absolute Gasteiger partial charge is 0.237 e. The first-order valence-corrected chi connectivity index (χ1v) is 9.39. The van der Waals surface area contributed by atoms with Gasteiger partial charge in [0.1, 0.15) is 12.4 Å². The Kier molecular flexibility index (Phi) is 6.28. The Balaban J connectivity index is 1.53. The monoisotopic (exact) mass is 396 g/mol. The van der Waals surface area contributed by atoms with Gasteiger partial charge in [-0.25, -0.2) is 0 Å². The van der Waals surface area contributed by atoms with Crippen LogP contribution in [-0.2, 0) is 11.4 Å². The maximum absolute atomic E-state index is 12.4. The minimum atomic E-state index is -0.449. The Hall–Kier alpha value is -3.33. The summed E-state index contributed by atoms with van der Waals surface area (Å²) in [5.41, 5.74) is 12.8. The van der Waals surface area contributed by atoms with Crippen LogP contribution in [0.2, 0.25) is 0 Å². The zero-order chi connectivity index (χ0) is 19.9. The van der Waals surface area contributed by atoms with Crippen molar-refractivity contribution in [2.24, 2.45) is 0 Å². The molecule has 1 amide bonds. The molecule has 1 aromatic heterocycles. The third-order valence-corrected chi connectivity index (χ3v) is 4.63. The molecule has 144 valence electrons. The van der Waals surface area contributed by atoms with Crippen LogP contribution in [-0.4, -0.2) is 26.1 Å². The average Bonchev–Trinajstić information content (AvgIpc) is 2.67. The summed E-state index contributed by atoms with van der Waals surface area (Å²) in [7, 11) is 0. The first kappa shape index (κ1) is 19.4. The molecule has 0 bridgehead atoms. The van der Waals surface area contributed by atoms with Gasteiger partial charge in [0, 0.05) is 5.69 Å². The highest BCUT2D eigenvalue weighted by atomic mass is 32.2. The number of aromatic nitrogens is 3. The number of nitrogen functional groups attached to an aromatic ring is 2. The molecule has 5 N–H and O–H groups in total. The predicted molar refractivity (Wildman–Crippen MR) is 110 cm³/mol. The summed E-state index contributed by atoms with van der Waals surface area (Å²) in [6.07, 6.45) is 0. The maximum Gasteiger partial charge on any atom is 0.237 e. The molecule has 0 unspecified atom stereocenters. The van der Waals surface area contributed by atoms with Gasteiger partial charge in [-0.1, -0.05) is 42.1 Å². The van der Waals surface area contributed by atoms with Gasteiger partial charge in [-0.3, -0.25) is 4.79 Å². The van der Waals surface area contributed by atoms with E-state index in [2.05, 4.69) is 20.3 Å². The number of thioether (sulfide) groups is 1. The topological polar surface area (TPSA) is 129 Å². The molecule has 28 heavy (non-hydrogen) atoms. The number of rotatable bonds is 7. The van der Waals surface area contributed by atoms with E-state index >= 15 is 0 Å². The minimum absolute atomic E-state index is 0.0219. The molecule has 1 atom stereocenters. The molecule has 9 heteroatoms. The quantitative estimate of drug-likeness (QED) is 0.520. The van der Waals surface area contributed by atoms with Crippen molar-refractivity contribution in [3.8, 4) is 5.75 Å². The zero-order valence-corrected chi connectivity index (χ0v) is 16.0. The Morgan fingerprint density at radius 1 is 1.04 bits per heavy atom. The van der Waals surface area contributed by atoms with E-state index in [0.717, 1.165) is 23.1 Å². The molecule has 2 aromatic carbocycles. The summed E-state index contributed by atoms with van der Waals surface area (Å²) >= 11 is 1.15. The van der Waals surface area contributed by atoms with E-state index < -0.39 is 5.25 Å². The van der Waals surface area contributed by atoms with Crippen molar-refractivity contribution in [3.63, 3.8) is 0 Å². The van der Waals surface area contributed by atoms with Crippen LogP contribution in [0.4, 0.5) is 17.6 Å². The van der Waals surface area contributed by atoms with Crippen LogP contribution in [0.15, 0.2) is 59.8 Å². The van der Waals surface area contributed by atoms with Gasteiger partial charge in [-0.15, -0.1) is 0 Å². The molecule has 0 saturated heterocycles. The Bertz CT molecular complexity index is 917. The van der Waals surface area contributed by atoms with E-state index in [1.54, 1.807) is 19.1 Å². The molecular weight excluding hydrogens is 376 g/mol. The number of hydrogen-bond donors (Lipinski definition) is 3. The molecule has 0 radical (unpaired) electrons. The first-order chi connectivity index (χ1) is 13.5. The number of carbonyl (C=O) groups is 1. The molecule has 0 fully saturated rings. The van der Waals surface area contributed by atoms with Crippen molar-refractivity contribution >= 4 is 35.3 Å². The summed E-state index contributed by atoms with van der Waals surface area (Å²) in [5, 5.41) is 2.70. The molecule has 0 aliphatic rings. The van der Waals surface area contributed by atoms with Crippen LogP contribution in [0.3, 0.4) is 0 Å². The number of nitrogens with two attached hydrogens (primary N) is 2. The van der Waals surface area contributed by atoms with Gasteiger partial charge in [0.05, 0.1) is 5.25 Å². The number of anilines is 3. The number of ether oxygens (including phenoxy) is 1. The minimum Gasteiger partial charge on any atom is -0.489 e. The highest BCUT2D eigenvalue weighted by Crippen LogP contribution is 2.22. The van der Waals surface area contributed by atoms with Crippen LogP contribution >= 0.6 is 11.8 Å². The molecule has 3 rings (SSSR count). The number of amides is 1. The number of benzene rings is 2. The van der Waals surface area contributed by atoms with Crippen LogP contribution in [0, 0.1) is 0 Å². The fourth-order valence-corrected chi connectivity index (χ4v) is 3.05. The summed E-state index contributed by atoms with van der Waals surface area (Å²) < 4.78 is 5.74. The molecule has 0 aliphatic heterocycles. The van der Waals surface area contributed by atoms with Gasteiger partial charge in [0.15, 0.2) is 5.16 Å². The van der Waals surface area contributed by atoms with Crippen molar-refractivity contribution < 1.29 is 9.53 Å². The Labute approximate surface area is 166 Å². The second kappa shape index (κ2) is 9.05. The normalized spacial score (nSPS) is 11.6. The fraction of sp³-hybridized carbons (Fsp3) is 0.158. The van der Waals surface area contributed by atoms with Gasteiger partial charge in [-0.2, -0.15) is 15.0 Å². The van der Waals surface area contributed by atoms with Gasteiger partial charge in [0.25, 0.3) is 0 Å². The standard InChI is InChI=1S/C19H20N6O2S/c1-12(28-19-24-17(20)23-18(21)25-19)16(26)22-14-7-9-15(10-8-14)27-11-13-5-3-2-4-6-13/h2-10,12H,11H2,1H3,(H,22,26)(H4,20,21,23,24,25)/t12-/m1/s1. The average molecular weight is 396 g/mol. The highest BCUT2D eigenvalue weighted by Gasteiger charge is 2.17. The number of hydrogen-bond acceptors (Lipinski definition) is 8. The number of nitrogens with one attached hydrogen (secondary N) is 1. The first-order valence-electron chi connectivity index (χ1n) is 8.51. The summed E-state index contributed by atoms with van der Waals surface area (Å²) in [5.74, 6) is 0.573. The van der Waals surface area contributed by atoms with Crippen LogP contribution in [0.1, 0.15) is 12.5 Å². The molecule has 0 aliphatic carbocycles. The summed E-state index contributed by atoms with van der Waals surface area (Å²) in [6, 6.07) is 17.1. The van der Waals surface area contributed by atoms with E-state index in [-0.39, 0.29) is 17.8 Å². The van der Waals surface area contributed by atoms with Crippen LogP contribution in [0.5, 0.6) is 5.75 Å². The van der Waals surface area contributed by atoms with Crippen LogP contribution < -0.4 is 21.5 Å². The van der Waals surface area contributed by atoms with Crippen molar-refractivity contribution in [2.75, 3.05) is 16.8 Å². The van der Waals surface area contributed by atoms with Crippen molar-refractivity contribution in [2.45, 2.75) is 23.9 Å². The van der Waals surface area contributed by atoms with Crippen molar-refractivity contribution in [1.82, 2.24) is 15.0 Å². The van der Waals surface area contributed by atoms with Crippen LogP contribution in [0.25, 0.3) is 0 Å². The molecule has 3 aromatic rings. The largest absolute Gasteiger partial charge is 0.489 e. The third kappa shape index (κ3) is 5.58. The van der Waals surface area contributed by atoms with Gasteiger partial charge >= 0.3 is 0 Å². The van der Waals surface area contributed by atoms with E-state index in [9.17, 15) is 4.79 Å². The van der Waals surface area contributed by atoms with Crippen molar-refractivity contribution in [3.05, 3.63) is 60.2 Å². The lowest BCUT2D eigenvalue weighted by molar-refractivity contribution is -0.115. The third-order valence-electron chi connectivity index (χ3n) is 3.67. The van der Waals surface area contributed by atoms with Gasteiger partial charge in [0.2, 0.25) is 17.8 Å². The SMILES string of the molecule is C[C@@H](Sc1nc(N)nc(N)n1)C(=O)Nc1ccc(OCc2ccccc2)cc1. The Morgan fingerprint density at radius 3 is 2.32 bits per heavy atom. The zero-order valence-electron chi connectivity index (χ0n) is 15.2. The molecular formula is C19H20N6O2S. The lowest BCUT2D eigenvalue weighted by atomic mass is 10.2. The van der Waals surface area contributed by atoms with Gasteiger partial charge in [-0.05, 0) is 36.8 Å². The fourth-order valence-electron chi connectivity index (χ4n) is 2.27. The molecule has 0 spiro atoms. The van der Waals surface area contributed by atoms with E-state index in [0.29, 0.717) is 17.5 Å². The second-order valence-electron chi connectivity index (χ2n) is 5.88. The Morgan fingerprint density at radius 2 is 1.68 bits per heavy atom. The predicted octanol–water partition coefficient (Wildman–Crippen LogP) is 2.73. The van der Waals surface area contributed by atoms with Gasteiger partial charge < -0.3 is 21.5 Å². The van der Waals surface area contributed by atoms with E-state index in [1.807, 2.05) is 42.5 Å².